The van der Waals surface area contributed by atoms with Gasteiger partial charge in [0.1, 0.15) is 17.4 Å². The second-order valence-electron chi connectivity index (χ2n) is 6.77. The van der Waals surface area contributed by atoms with Crippen molar-refractivity contribution in [3.05, 3.63) is 54.3 Å². The van der Waals surface area contributed by atoms with Crippen LogP contribution in [0.15, 0.2) is 49.3 Å². The maximum atomic E-state index is 6.57. The topological polar surface area (TPSA) is 45.9 Å². The molecule has 0 fully saturated rings. The smallest absolute Gasteiger partial charge is 0.237 e. The van der Waals surface area contributed by atoms with Crippen LogP contribution in [0.4, 0.5) is 17.3 Å². The number of methoxy groups -OCH3 is 1. The van der Waals surface area contributed by atoms with Crippen LogP contribution < -0.4 is 14.5 Å². The lowest BCUT2D eigenvalue weighted by atomic mass is 10.2. The molecule has 0 aliphatic carbocycles. The predicted molar refractivity (Wildman–Crippen MR) is 121 cm³/mol. The van der Waals surface area contributed by atoms with Gasteiger partial charge in [0.25, 0.3) is 0 Å². The molecule has 0 aliphatic rings. The summed E-state index contributed by atoms with van der Waals surface area (Å²) in [4.78, 5) is 13.7. The molecule has 0 radical (unpaired) electrons. The molecule has 7 heteroatoms. The van der Waals surface area contributed by atoms with Crippen molar-refractivity contribution < 1.29 is 4.74 Å². The van der Waals surface area contributed by atoms with E-state index in [4.69, 9.17) is 21.3 Å². The molecular formula is C22H28ClN5O. The highest BCUT2D eigenvalue weighted by atomic mass is 35.5. The summed E-state index contributed by atoms with van der Waals surface area (Å²) in [7, 11) is 1.63. The van der Waals surface area contributed by atoms with Crippen LogP contribution in [0.5, 0.6) is 5.75 Å². The fourth-order valence-electron chi connectivity index (χ4n) is 3.42. The Morgan fingerprint density at radius 3 is 2.59 bits per heavy atom. The van der Waals surface area contributed by atoms with E-state index in [9.17, 15) is 0 Å². The van der Waals surface area contributed by atoms with Gasteiger partial charge >= 0.3 is 0 Å². The van der Waals surface area contributed by atoms with Gasteiger partial charge in [-0.05, 0) is 25.0 Å². The molecular weight excluding hydrogens is 386 g/mol. The SMILES string of the molecule is C=CCN(c1cc(N(CCC)CCC)n2ccnc2n1)c1ccc(OC)cc1Cl. The highest BCUT2D eigenvalue weighted by Crippen LogP contribution is 2.35. The fourth-order valence-corrected chi connectivity index (χ4v) is 3.69. The number of ether oxygens (including phenoxy) is 1. The molecule has 0 N–H and O–H groups in total. The van der Waals surface area contributed by atoms with Crippen LogP contribution in [0.2, 0.25) is 5.02 Å². The van der Waals surface area contributed by atoms with Gasteiger partial charge in [-0.1, -0.05) is 31.5 Å². The summed E-state index contributed by atoms with van der Waals surface area (Å²) in [5.41, 5.74) is 0.847. The Balaban J connectivity index is 2.14. The molecule has 6 nitrogen and oxygen atoms in total. The van der Waals surface area contributed by atoms with Crippen molar-refractivity contribution in [1.29, 1.82) is 0 Å². The summed E-state index contributed by atoms with van der Waals surface area (Å²) >= 11 is 6.57. The van der Waals surface area contributed by atoms with Gasteiger partial charge in [0, 0.05) is 44.2 Å². The molecule has 0 bridgehead atoms. The van der Waals surface area contributed by atoms with Crippen molar-refractivity contribution in [1.82, 2.24) is 14.4 Å². The largest absolute Gasteiger partial charge is 0.497 e. The monoisotopic (exact) mass is 413 g/mol. The van der Waals surface area contributed by atoms with Gasteiger partial charge in [-0.15, -0.1) is 6.58 Å². The summed E-state index contributed by atoms with van der Waals surface area (Å²) in [6.07, 6.45) is 7.71. The molecule has 2 aromatic heterocycles. The number of aromatic nitrogens is 3. The summed E-state index contributed by atoms with van der Waals surface area (Å²) < 4.78 is 7.33. The number of hydrogen-bond donors (Lipinski definition) is 0. The van der Waals surface area contributed by atoms with Gasteiger partial charge in [-0.3, -0.25) is 4.40 Å². The van der Waals surface area contributed by atoms with Gasteiger partial charge in [-0.25, -0.2) is 4.98 Å². The maximum Gasteiger partial charge on any atom is 0.237 e. The highest BCUT2D eigenvalue weighted by molar-refractivity contribution is 6.33. The third kappa shape index (κ3) is 4.48. The van der Waals surface area contributed by atoms with E-state index in [1.165, 1.54) is 0 Å². The Labute approximate surface area is 177 Å². The number of fused-ring (bicyclic) bond motifs is 1. The minimum Gasteiger partial charge on any atom is -0.497 e. The summed E-state index contributed by atoms with van der Waals surface area (Å²) in [5, 5.41) is 0.594. The molecule has 0 amide bonds. The van der Waals surface area contributed by atoms with E-state index in [0.29, 0.717) is 23.1 Å². The van der Waals surface area contributed by atoms with E-state index < -0.39 is 0 Å². The van der Waals surface area contributed by atoms with Crippen LogP contribution in [0.3, 0.4) is 0 Å². The Kier molecular flexibility index (Phi) is 6.99. The van der Waals surface area contributed by atoms with Crippen LogP contribution in [-0.4, -0.2) is 41.1 Å². The number of hydrogen-bond acceptors (Lipinski definition) is 5. The number of anilines is 3. The number of benzene rings is 1. The van der Waals surface area contributed by atoms with Crippen molar-refractivity contribution in [2.45, 2.75) is 26.7 Å². The Morgan fingerprint density at radius 2 is 1.97 bits per heavy atom. The molecule has 1 aromatic carbocycles. The maximum absolute atomic E-state index is 6.57. The molecule has 0 saturated carbocycles. The average molecular weight is 414 g/mol. The summed E-state index contributed by atoms with van der Waals surface area (Å²) in [5.74, 6) is 3.23. The third-order valence-corrected chi connectivity index (χ3v) is 4.99. The van der Waals surface area contributed by atoms with Crippen LogP contribution in [0.25, 0.3) is 5.78 Å². The van der Waals surface area contributed by atoms with Gasteiger partial charge in [-0.2, -0.15) is 4.98 Å². The molecule has 29 heavy (non-hydrogen) atoms. The van der Waals surface area contributed by atoms with Crippen LogP contribution in [0.1, 0.15) is 26.7 Å². The average Bonchev–Trinajstić information content (AvgIpc) is 3.20. The standard InChI is InChI=1S/C22H28ClN5O/c1-5-11-26(12-6-2)21-16-20(25-22-24-10-14-28(21)22)27(13-7-3)19-9-8-17(29-4)15-18(19)23/h7-10,14-16H,3,5-6,11-13H2,1-2,4H3. The fraction of sp³-hybridized carbons (Fsp3) is 0.364. The zero-order valence-corrected chi connectivity index (χ0v) is 18.1. The van der Waals surface area contributed by atoms with Crippen molar-refractivity contribution in [2.75, 3.05) is 36.5 Å². The Morgan fingerprint density at radius 1 is 1.21 bits per heavy atom. The van der Waals surface area contributed by atoms with E-state index >= 15 is 0 Å². The van der Waals surface area contributed by atoms with Crippen molar-refractivity contribution >= 4 is 34.7 Å². The molecule has 0 unspecified atom stereocenters. The lowest BCUT2D eigenvalue weighted by molar-refractivity contribution is 0.415. The first-order valence-corrected chi connectivity index (χ1v) is 10.3. The van der Waals surface area contributed by atoms with Crippen LogP contribution in [-0.2, 0) is 0 Å². The van der Waals surface area contributed by atoms with E-state index in [0.717, 1.165) is 43.3 Å². The number of rotatable bonds is 10. The first kappa shape index (κ1) is 21.0. The highest BCUT2D eigenvalue weighted by Gasteiger charge is 2.19. The molecule has 2 heterocycles. The summed E-state index contributed by atoms with van der Waals surface area (Å²) in [6, 6.07) is 7.75. The molecule has 154 valence electrons. The quantitative estimate of drug-likeness (QED) is 0.420. The minimum absolute atomic E-state index is 0.566. The van der Waals surface area contributed by atoms with Gasteiger partial charge in [0.05, 0.1) is 17.8 Å². The second kappa shape index (κ2) is 9.65. The van der Waals surface area contributed by atoms with E-state index in [1.54, 1.807) is 13.3 Å². The molecule has 0 spiro atoms. The zero-order chi connectivity index (χ0) is 20.8. The normalized spacial score (nSPS) is 10.9. The predicted octanol–water partition coefficient (Wildman–Crippen LogP) is 5.34. The molecule has 3 rings (SSSR count). The van der Waals surface area contributed by atoms with Gasteiger partial charge < -0.3 is 14.5 Å². The first-order chi connectivity index (χ1) is 14.1. The summed E-state index contributed by atoms with van der Waals surface area (Å²) in [6.45, 7) is 10.8. The molecule has 3 aromatic rings. The Bertz CT molecular complexity index is 965. The van der Waals surface area contributed by atoms with E-state index in [-0.39, 0.29) is 0 Å². The number of nitrogens with zero attached hydrogens (tertiary/aromatic N) is 5. The van der Waals surface area contributed by atoms with Crippen LogP contribution in [0, 0.1) is 0 Å². The van der Waals surface area contributed by atoms with Crippen molar-refractivity contribution in [3.8, 4) is 5.75 Å². The lowest BCUT2D eigenvalue weighted by Crippen LogP contribution is -2.28. The van der Waals surface area contributed by atoms with Crippen LogP contribution >= 0.6 is 11.6 Å². The van der Waals surface area contributed by atoms with E-state index in [2.05, 4.69) is 36.4 Å². The zero-order valence-electron chi connectivity index (χ0n) is 17.3. The third-order valence-electron chi connectivity index (χ3n) is 4.69. The first-order valence-electron chi connectivity index (χ1n) is 9.93. The number of halogens is 1. The van der Waals surface area contributed by atoms with E-state index in [1.807, 2.05) is 39.8 Å². The molecule has 0 aliphatic heterocycles. The van der Waals surface area contributed by atoms with Gasteiger partial charge in [0.15, 0.2) is 0 Å². The molecule has 0 atom stereocenters. The lowest BCUT2D eigenvalue weighted by Gasteiger charge is -2.28. The molecule has 0 saturated heterocycles. The van der Waals surface area contributed by atoms with Gasteiger partial charge in [0.2, 0.25) is 5.78 Å². The number of imidazole rings is 1. The minimum atomic E-state index is 0.566. The second-order valence-corrected chi connectivity index (χ2v) is 7.18. The van der Waals surface area contributed by atoms with Crippen molar-refractivity contribution in [3.63, 3.8) is 0 Å². The Hall–Kier alpha value is -2.73. The van der Waals surface area contributed by atoms with Crippen molar-refractivity contribution in [2.24, 2.45) is 0 Å².